The molecule has 1 heterocycles. The molecule has 0 spiro atoms. The van der Waals surface area contributed by atoms with Crippen LogP contribution < -0.4 is 11.5 Å². The highest BCUT2D eigenvalue weighted by atomic mass is 79.9. The Balaban J connectivity index is 2.92. The van der Waals surface area contributed by atoms with Crippen LogP contribution in [0.1, 0.15) is 11.3 Å². The fraction of sp³-hybridized carbons (Fsp3) is 0.333. The minimum absolute atomic E-state index is 0.415. The third-order valence-corrected chi connectivity index (χ3v) is 1.90. The molecule has 56 valence electrons. The van der Waals surface area contributed by atoms with Gasteiger partial charge in [0.1, 0.15) is 5.76 Å². The fourth-order valence-corrected chi connectivity index (χ4v) is 1.19. The van der Waals surface area contributed by atoms with Crippen LogP contribution in [0.4, 0.5) is 0 Å². The van der Waals surface area contributed by atoms with Crippen molar-refractivity contribution in [3.05, 3.63) is 22.1 Å². The Labute approximate surface area is 67.5 Å². The molecule has 0 bridgehead atoms. The molecule has 0 amide bonds. The minimum atomic E-state index is 0.415. The summed E-state index contributed by atoms with van der Waals surface area (Å²) in [7, 11) is 0. The first-order valence-electron chi connectivity index (χ1n) is 2.95. The molecule has 0 aromatic carbocycles. The number of halogens is 1. The van der Waals surface area contributed by atoms with Gasteiger partial charge in [-0.05, 0) is 22.0 Å². The van der Waals surface area contributed by atoms with Gasteiger partial charge in [0.15, 0.2) is 4.67 Å². The standard InChI is InChI=1S/C6H9BrN2O/c7-6-4(2-8)1-5(3-9)10-6/h1H,2-3,8-9H2. The third kappa shape index (κ3) is 1.39. The lowest BCUT2D eigenvalue weighted by Crippen LogP contribution is -1.95. The van der Waals surface area contributed by atoms with E-state index in [0.29, 0.717) is 17.8 Å². The highest BCUT2D eigenvalue weighted by molar-refractivity contribution is 9.10. The molecule has 0 fully saturated rings. The molecule has 0 aliphatic rings. The van der Waals surface area contributed by atoms with Crippen molar-refractivity contribution in [1.29, 1.82) is 0 Å². The normalized spacial score (nSPS) is 10.3. The highest BCUT2D eigenvalue weighted by Crippen LogP contribution is 2.20. The summed E-state index contributed by atoms with van der Waals surface area (Å²) >= 11 is 3.22. The van der Waals surface area contributed by atoms with Gasteiger partial charge < -0.3 is 15.9 Å². The van der Waals surface area contributed by atoms with Crippen molar-refractivity contribution >= 4 is 15.9 Å². The van der Waals surface area contributed by atoms with Gasteiger partial charge >= 0.3 is 0 Å². The topological polar surface area (TPSA) is 65.2 Å². The zero-order valence-electron chi connectivity index (χ0n) is 5.43. The number of furan rings is 1. The van der Waals surface area contributed by atoms with Crippen LogP contribution in [-0.2, 0) is 13.1 Å². The van der Waals surface area contributed by atoms with Crippen molar-refractivity contribution in [2.24, 2.45) is 11.5 Å². The van der Waals surface area contributed by atoms with Gasteiger partial charge in [-0.2, -0.15) is 0 Å². The quantitative estimate of drug-likeness (QED) is 0.755. The Morgan fingerprint density at radius 1 is 1.40 bits per heavy atom. The monoisotopic (exact) mass is 204 g/mol. The van der Waals surface area contributed by atoms with Crippen LogP contribution in [0, 0.1) is 0 Å². The summed E-state index contributed by atoms with van der Waals surface area (Å²) in [6, 6.07) is 1.85. The predicted octanol–water partition coefficient (Wildman–Crippen LogP) is 0.960. The molecule has 0 saturated carbocycles. The predicted molar refractivity (Wildman–Crippen MR) is 42.2 cm³/mol. The van der Waals surface area contributed by atoms with Crippen LogP contribution in [0.3, 0.4) is 0 Å². The number of hydrogen-bond donors (Lipinski definition) is 2. The number of hydrogen-bond acceptors (Lipinski definition) is 3. The zero-order valence-corrected chi connectivity index (χ0v) is 7.02. The van der Waals surface area contributed by atoms with Crippen molar-refractivity contribution in [2.45, 2.75) is 13.1 Å². The van der Waals surface area contributed by atoms with E-state index in [1.807, 2.05) is 6.07 Å². The summed E-state index contributed by atoms with van der Waals surface area (Å²) in [5, 5.41) is 0. The van der Waals surface area contributed by atoms with Crippen LogP contribution in [-0.4, -0.2) is 0 Å². The average Bonchev–Trinajstić information content (AvgIpc) is 2.30. The van der Waals surface area contributed by atoms with Crippen molar-refractivity contribution < 1.29 is 4.42 Å². The van der Waals surface area contributed by atoms with E-state index in [0.717, 1.165) is 11.3 Å². The zero-order chi connectivity index (χ0) is 7.56. The molecule has 1 aromatic rings. The summed E-state index contributed by atoms with van der Waals surface area (Å²) in [5.74, 6) is 0.757. The summed E-state index contributed by atoms with van der Waals surface area (Å²) in [6.45, 7) is 0.892. The minimum Gasteiger partial charge on any atom is -0.453 e. The van der Waals surface area contributed by atoms with Gasteiger partial charge in [-0.25, -0.2) is 0 Å². The molecule has 0 aliphatic heterocycles. The second kappa shape index (κ2) is 3.18. The van der Waals surface area contributed by atoms with Crippen molar-refractivity contribution in [1.82, 2.24) is 0 Å². The molecule has 0 radical (unpaired) electrons. The third-order valence-electron chi connectivity index (χ3n) is 1.23. The maximum absolute atomic E-state index is 5.39. The first-order chi connectivity index (χ1) is 4.77. The highest BCUT2D eigenvalue weighted by Gasteiger charge is 2.04. The number of rotatable bonds is 2. The smallest absolute Gasteiger partial charge is 0.173 e. The first kappa shape index (κ1) is 7.78. The SMILES string of the molecule is NCc1cc(CN)c(Br)o1. The summed E-state index contributed by atoms with van der Waals surface area (Å²) in [4.78, 5) is 0. The van der Waals surface area contributed by atoms with Gasteiger partial charge in [0, 0.05) is 12.1 Å². The molecule has 1 aromatic heterocycles. The number of nitrogens with two attached hydrogens (primary N) is 2. The summed E-state index contributed by atoms with van der Waals surface area (Å²) < 4.78 is 5.86. The van der Waals surface area contributed by atoms with Crippen LogP contribution >= 0.6 is 15.9 Å². The van der Waals surface area contributed by atoms with E-state index in [2.05, 4.69) is 15.9 Å². The lowest BCUT2D eigenvalue weighted by atomic mass is 10.3. The molecule has 3 nitrogen and oxygen atoms in total. The molecule has 0 atom stereocenters. The Morgan fingerprint density at radius 2 is 2.10 bits per heavy atom. The molecular formula is C6H9BrN2O. The molecule has 1 rings (SSSR count). The second-order valence-corrected chi connectivity index (χ2v) is 2.64. The van der Waals surface area contributed by atoms with Gasteiger partial charge in [-0.15, -0.1) is 0 Å². The van der Waals surface area contributed by atoms with E-state index < -0.39 is 0 Å². The van der Waals surface area contributed by atoms with E-state index in [1.54, 1.807) is 0 Å². The maximum atomic E-state index is 5.39. The molecule has 4 heteroatoms. The lowest BCUT2D eigenvalue weighted by molar-refractivity contribution is 0.488. The van der Waals surface area contributed by atoms with Gasteiger partial charge in [0.2, 0.25) is 0 Å². The van der Waals surface area contributed by atoms with E-state index in [4.69, 9.17) is 15.9 Å². The Hall–Kier alpha value is -0.320. The van der Waals surface area contributed by atoms with Crippen molar-refractivity contribution in [3.63, 3.8) is 0 Å². The van der Waals surface area contributed by atoms with Crippen molar-refractivity contribution in [3.8, 4) is 0 Å². The van der Waals surface area contributed by atoms with Gasteiger partial charge in [-0.1, -0.05) is 0 Å². The van der Waals surface area contributed by atoms with Crippen molar-refractivity contribution in [2.75, 3.05) is 0 Å². The van der Waals surface area contributed by atoms with Gasteiger partial charge in [0.05, 0.1) is 6.54 Å². The largest absolute Gasteiger partial charge is 0.453 e. The van der Waals surface area contributed by atoms with Crippen LogP contribution in [0.25, 0.3) is 0 Å². The molecule has 10 heavy (non-hydrogen) atoms. The van der Waals surface area contributed by atoms with Crippen LogP contribution in [0.2, 0.25) is 0 Å². The summed E-state index contributed by atoms with van der Waals surface area (Å²) in [5.41, 5.74) is 11.7. The Bertz CT molecular complexity index is 222. The molecule has 0 saturated heterocycles. The first-order valence-corrected chi connectivity index (χ1v) is 3.74. The molecule has 0 aliphatic carbocycles. The average molecular weight is 205 g/mol. The molecule has 0 unspecified atom stereocenters. The van der Waals surface area contributed by atoms with E-state index in [1.165, 1.54) is 0 Å². The van der Waals surface area contributed by atoms with E-state index in [9.17, 15) is 0 Å². The Kier molecular flexibility index (Phi) is 2.48. The van der Waals surface area contributed by atoms with E-state index >= 15 is 0 Å². The molecule has 4 N–H and O–H groups in total. The maximum Gasteiger partial charge on any atom is 0.173 e. The fourth-order valence-electron chi connectivity index (χ4n) is 0.701. The van der Waals surface area contributed by atoms with Gasteiger partial charge in [-0.3, -0.25) is 0 Å². The summed E-state index contributed by atoms with van der Waals surface area (Å²) in [6.07, 6.45) is 0. The molecular weight excluding hydrogens is 196 g/mol. The van der Waals surface area contributed by atoms with Crippen LogP contribution in [0.15, 0.2) is 15.2 Å². The second-order valence-electron chi connectivity index (χ2n) is 1.92. The lowest BCUT2D eigenvalue weighted by Gasteiger charge is -1.85. The van der Waals surface area contributed by atoms with Crippen LogP contribution in [0.5, 0.6) is 0 Å². The Morgan fingerprint density at radius 3 is 2.40 bits per heavy atom. The van der Waals surface area contributed by atoms with Gasteiger partial charge in [0.25, 0.3) is 0 Å². The van der Waals surface area contributed by atoms with E-state index in [-0.39, 0.29) is 0 Å².